The van der Waals surface area contributed by atoms with Crippen molar-refractivity contribution in [3.8, 4) is 5.75 Å². The molecule has 0 atom stereocenters. The number of nitrogens with zero attached hydrogens (tertiary/aromatic N) is 2. The van der Waals surface area contributed by atoms with Crippen molar-refractivity contribution in [2.75, 3.05) is 13.2 Å². The van der Waals surface area contributed by atoms with Crippen LogP contribution in [0.15, 0.2) is 53.8 Å². The number of aliphatic hydroxyl groups is 1. The zero-order valence-corrected chi connectivity index (χ0v) is 11.3. The van der Waals surface area contributed by atoms with Gasteiger partial charge in [0.25, 0.3) is 5.91 Å². The minimum atomic E-state index is -0.375. The minimum Gasteiger partial charge on any atom is -0.491 e. The van der Waals surface area contributed by atoms with Crippen LogP contribution < -0.4 is 10.2 Å². The van der Waals surface area contributed by atoms with Crippen LogP contribution in [0, 0.1) is 0 Å². The van der Waals surface area contributed by atoms with Gasteiger partial charge in [-0.25, -0.2) is 5.43 Å². The molecule has 1 amide bonds. The first-order valence-corrected chi connectivity index (χ1v) is 6.38. The molecule has 1 aromatic carbocycles. The van der Waals surface area contributed by atoms with Gasteiger partial charge in [0.1, 0.15) is 18.1 Å². The van der Waals surface area contributed by atoms with E-state index in [1.54, 1.807) is 42.6 Å². The molecular weight excluding hydrogens is 270 g/mol. The minimum absolute atomic E-state index is 0.0432. The van der Waals surface area contributed by atoms with E-state index in [1.165, 1.54) is 6.21 Å². The molecule has 0 saturated heterocycles. The van der Waals surface area contributed by atoms with Gasteiger partial charge in [-0.2, -0.15) is 5.10 Å². The molecule has 2 aromatic rings. The smallest absolute Gasteiger partial charge is 0.289 e. The summed E-state index contributed by atoms with van der Waals surface area (Å²) < 4.78 is 5.28. The Hall–Kier alpha value is -2.73. The number of hydrogen-bond acceptors (Lipinski definition) is 5. The van der Waals surface area contributed by atoms with E-state index in [2.05, 4.69) is 15.5 Å². The average Bonchev–Trinajstić information content (AvgIpc) is 2.54. The SMILES string of the molecule is O=C(N/N=C/c1cccc(OCCO)c1)c1ccccn1. The second-order valence-electron chi connectivity index (χ2n) is 4.06. The Morgan fingerprint density at radius 2 is 2.24 bits per heavy atom. The molecule has 0 unspecified atom stereocenters. The number of hydrazone groups is 1. The summed E-state index contributed by atoms with van der Waals surface area (Å²) in [7, 11) is 0. The van der Waals surface area contributed by atoms with Gasteiger partial charge in [-0.15, -0.1) is 0 Å². The van der Waals surface area contributed by atoms with Crippen molar-refractivity contribution < 1.29 is 14.6 Å². The largest absolute Gasteiger partial charge is 0.491 e. The van der Waals surface area contributed by atoms with Gasteiger partial charge in [-0.05, 0) is 29.8 Å². The molecule has 6 heteroatoms. The molecule has 1 aromatic heterocycles. The second kappa shape index (κ2) is 7.76. The first-order chi connectivity index (χ1) is 10.3. The summed E-state index contributed by atoms with van der Waals surface area (Å²) in [4.78, 5) is 15.6. The lowest BCUT2D eigenvalue weighted by Crippen LogP contribution is -2.18. The van der Waals surface area contributed by atoms with E-state index < -0.39 is 0 Å². The number of amides is 1. The number of aromatic nitrogens is 1. The maximum atomic E-state index is 11.7. The Bertz CT molecular complexity index is 615. The normalized spacial score (nSPS) is 10.5. The summed E-state index contributed by atoms with van der Waals surface area (Å²) in [6.07, 6.45) is 3.05. The second-order valence-corrected chi connectivity index (χ2v) is 4.06. The predicted octanol–water partition coefficient (Wildman–Crippen LogP) is 1.22. The van der Waals surface area contributed by atoms with Gasteiger partial charge in [-0.1, -0.05) is 18.2 Å². The van der Waals surface area contributed by atoms with Crippen molar-refractivity contribution in [3.63, 3.8) is 0 Å². The summed E-state index contributed by atoms with van der Waals surface area (Å²) in [5.41, 5.74) is 3.47. The van der Waals surface area contributed by atoms with Crippen molar-refractivity contribution in [1.82, 2.24) is 10.4 Å². The monoisotopic (exact) mass is 285 g/mol. The number of carbonyl (C=O) groups is 1. The Morgan fingerprint density at radius 3 is 3.00 bits per heavy atom. The third kappa shape index (κ3) is 4.70. The number of hydrogen-bond donors (Lipinski definition) is 2. The van der Waals surface area contributed by atoms with Crippen LogP contribution in [0.4, 0.5) is 0 Å². The van der Waals surface area contributed by atoms with E-state index in [-0.39, 0.29) is 19.1 Å². The molecule has 2 N–H and O–H groups in total. The highest BCUT2D eigenvalue weighted by Crippen LogP contribution is 2.11. The van der Waals surface area contributed by atoms with E-state index >= 15 is 0 Å². The molecule has 0 aliphatic carbocycles. The van der Waals surface area contributed by atoms with E-state index in [9.17, 15) is 4.79 Å². The molecule has 0 saturated carbocycles. The Morgan fingerprint density at radius 1 is 1.33 bits per heavy atom. The lowest BCUT2D eigenvalue weighted by molar-refractivity contribution is 0.0950. The van der Waals surface area contributed by atoms with E-state index in [0.717, 1.165) is 5.56 Å². The van der Waals surface area contributed by atoms with Crippen molar-refractivity contribution in [3.05, 3.63) is 59.9 Å². The van der Waals surface area contributed by atoms with E-state index in [1.807, 2.05) is 6.07 Å². The number of rotatable bonds is 6. The van der Waals surface area contributed by atoms with Crippen molar-refractivity contribution in [2.45, 2.75) is 0 Å². The van der Waals surface area contributed by atoms with Gasteiger partial charge in [-0.3, -0.25) is 9.78 Å². The molecule has 1 heterocycles. The summed E-state index contributed by atoms with van der Waals surface area (Å²) in [6, 6.07) is 12.2. The van der Waals surface area contributed by atoms with Gasteiger partial charge >= 0.3 is 0 Å². The molecule has 0 fully saturated rings. The molecule has 21 heavy (non-hydrogen) atoms. The van der Waals surface area contributed by atoms with Crippen LogP contribution in [-0.2, 0) is 0 Å². The standard InChI is InChI=1S/C15H15N3O3/c19-8-9-21-13-5-3-4-12(10-13)11-17-18-15(20)14-6-1-2-7-16-14/h1-7,10-11,19H,8-9H2,(H,18,20)/b17-11+. The number of benzene rings is 1. The Kier molecular flexibility index (Phi) is 5.42. The molecule has 0 spiro atoms. The highest BCUT2D eigenvalue weighted by Gasteiger charge is 2.03. The molecule has 0 radical (unpaired) electrons. The van der Waals surface area contributed by atoms with Crippen LogP contribution in [0.3, 0.4) is 0 Å². The first-order valence-electron chi connectivity index (χ1n) is 6.38. The van der Waals surface area contributed by atoms with Crippen molar-refractivity contribution in [2.24, 2.45) is 5.10 Å². The van der Waals surface area contributed by atoms with Gasteiger partial charge in [0, 0.05) is 6.20 Å². The third-order valence-corrected chi connectivity index (χ3v) is 2.50. The fraction of sp³-hybridized carbons (Fsp3) is 0.133. The first kappa shape index (κ1) is 14.7. The topological polar surface area (TPSA) is 83.8 Å². The zero-order chi connectivity index (χ0) is 14.9. The van der Waals surface area contributed by atoms with Gasteiger partial charge in [0.05, 0.1) is 12.8 Å². The van der Waals surface area contributed by atoms with Crippen LogP contribution in [0.2, 0.25) is 0 Å². The highest BCUT2D eigenvalue weighted by molar-refractivity contribution is 5.93. The Labute approximate surface area is 122 Å². The maximum absolute atomic E-state index is 11.7. The molecule has 0 aliphatic rings. The summed E-state index contributed by atoms with van der Waals surface area (Å²) in [5, 5.41) is 12.6. The van der Waals surface area contributed by atoms with Crippen LogP contribution in [-0.4, -0.2) is 35.4 Å². The molecule has 0 aliphatic heterocycles. The molecule has 6 nitrogen and oxygen atoms in total. The lowest BCUT2D eigenvalue weighted by Gasteiger charge is -2.04. The van der Waals surface area contributed by atoms with E-state index in [4.69, 9.17) is 9.84 Å². The summed E-state index contributed by atoms with van der Waals surface area (Å²) >= 11 is 0. The van der Waals surface area contributed by atoms with Gasteiger partial charge in [0.15, 0.2) is 0 Å². The molecule has 2 rings (SSSR count). The van der Waals surface area contributed by atoms with Crippen molar-refractivity contribution >= 4 is 12.1 Å². The third-order valence-electron chi connectivity index (χ3n) is 2.50. The number of carbonyl (C=O) groups excluding carboxylic acids is 1. The van der Waals surface area contributed by atoms with Crippen molar-refractivity contribution in [1.29, 1.82) is 0 Å². The van der Waals surface area contributed by atoms with Crippen LogP contribution in [0.1, 0.15) is 16.1 Å². The summed E-state index contributed by atoms with van der Waals surface area (Å²) in [6.45, 7) is 0.190. The van der Waals surface area contributed by atoms with Crippen LogP contribution >= 0.6 is 0 Å². The molecule has 0 bridgehead atoms. The maximum Gasteiger partial charge on any atom is 0.289 e. The van der Waals surface area contributed by atoms with E-state index in [0.29, 0.717) is 11.4 Å². The fourth-order valence-corrected chi connectivity index (χ4v) is 1.57. The number of pyridine rings is 1. The zero-order valence-electron chi connectivity index (χ0n) is 11.3. The molecular formula is C15H15N3O3. The Balaban J connectivity index is 1.93. The average molecular weight is 285 g/mol. The number of ether oxygens (including phenoxy) is 1. The van der Waals surface area contributed by atoms with Crippen LogP contribution in [0.5, 0.6) is 5.75 Å². The van der Waals surface area contributed by atoms with Crippen LogP contribution in [0.25, 0.3) is 0 Å². The predicted molar refractivity (Wildman–Crippen MR) is 78.3 cm³/mol. The lowest BCUT2D eigenvalue weighted by atomic mass is 10.2. The fourth-order valence-electron chi connectivity index (χ4n) is 1.57. The number of aliphatic hydroxyl groups excluding tert-OH is 1. The van der Waals surface area contributed by atoms with Gasteiger partial charge < -0.3 is 9.84 Å². The highest BCUT2D eigenvalue weighted by atomic mass is 16.5. The molecule has 108 valence electrons. The summed E-state index contributed by atoms with van der Waals surface area (Å²) in [5.74, 6) is 0.253. The number of nitrogens with one attached hydrogen (secondary N) is 1. The quantitative estimate of drug-likeness (QED) is 0.617. The van der Waals surface area contributed by atoms with Gasteiger partial charge in [0.2, 0.25) is 0 Å².